The summed E-state index contributed by atoms with van der Waals surface area (Å²) in [6.07, 6.45) is 1.88. The van der Waals surface area contributed by atoms with Gasteiger partial charge in [0.05, 0.1) is 11.4 Å². The number of nitrogens with one attached hydrogen (secondary N) is 1. The average molecular weight is 294 g/mol. The zero-order valence-corrected chi connectivity index (χ0v) is 14.2. The van der Waals surface area contributed by atoms with Gasteiger partial charge in [-0.15, -0.1) is 0 Å². The van der Waals surface area contributed by atoms with Gasteiger partial charge in [-0.25, -0.2) is 0 Å². The van der Waals surface area contributed by atoms with Gasteiger partial charge in [-0.3, -0.25) is 9.89 Å². The van der Waals surface area contributed by atoms with Crippen LogP contribution in [0, 0.1) is 5.92 Å². The van der Waals surface area contributed by atoms with Crippen molar-refractivity contribution in [3.8, 4) is 0 Å². The molecule has 0 radical (unpaired) electrons. The van der Waals surface area contributed by atoms with E-state index < -0.39 is 0 Å². The summed E-state index contributed by atoms with van der Waals surface area (Å²) >= 11 is 0. The fraction of sp³-hybridized carbons (Fsp3) is 0.750. The third-order valence-electron chi connectivity index (χ3n) is 3.82. The van der Waals surface area contributed by atoms with Gasteiger partial charge in [0.2, 0.25) is 0 Å². The van der Waals surface area contributed by atoms with Crippen LogP contribution in [0.2, 0.25) is 0 Å². The molecule has 5 nitrogen and oxygen atoms in total. The lowest BCUT2D eigenvalue weighted by molar-refractivity contribution is 0.0635. The van der Waals surface area contributed by atoms with Crippen LogP contribution in [-0.4, -0.2) is 33.6 Å². The van der Waals surface area contributed by atoms with E-state index in [0.29, 0.717) is 17.3 Å². The van der Waals surface area contributed by atoms with Crippen LogP contribution in [0.15, 0.2) is 0 Å². The summed E-state index contributed by atoms with van der Waals surface area (Å²) in [7, 11) is 0. The van der Waals surface area contributed by atoms with E-state index in [9.17, 15) is 4.79 Å². The largest absolute Gasteiger partial charge is 0.395 e. The van der Waals surface area contributed by atoms with Gasteiger partial charge in [0.25, 0.3) is 5.91 Å². The minimum atomic E-state index is -0.0574. The zero-order chi connectivity index (χ0) is 16.2. The molecular weight excluding hydrogens is 264 g/mol. The quantitative estimate of drug-likeness (QED) is 0.809. The van der Waals surface area contributed by atoms with E-state index in [0.717, 1.165) is 25.1 Å². The van der Waals surface area contributed by atoms with Crippen molar-refractivity contribution < 1.29 is 4.79 Å². The molecule has 0 aliphatic heterocycles. The number of hydrogen-bond acceptors (Lipinski definition) is 3. The average Bonchev–Trinajstić information content (AvgIpc) is 2.79. The Labute approximate surface area is 128 Å². The SMILES string of the molecule is CCC(CC)N(CC(C)C)C(=O)c1n[nH]c(C(C)C)c1N. The molecule has 0 atom stereocenters. The standard InChI is InChI=1S/C16H30N4O/c1-7-12(8-2)20(9-10(3)4)16(21)15-13(17)14(11(5)6)18-19-15/h10-12H,7-9,17H2,1-6H3,(H,18,19). The fourth-order valence-corrected chi connectivity index (χ4v) is 2.62. The van der Waals surface area contributed by atoms with E-state index >= 15 is 0 Å². The highest BCUT2D eigenvalue weighted by molar-refractivity contribution is 5.97. The number of hydrogen-bond donors (Lipinski definition) is 2. The number of nitrogens with zero attached hydrogens (tertiary/aromatic N) is 2. The van der Waals surface area contributed by atoms with E-state index in [1.807, 2.05) is 18.7 Å². The third kappa shape index (κ3) is 3.99. The Morgan fingerprint density at radius 2 is 1.81 bits per heavy atom. The Kier molecular flexibility index (Phi) is 6.24. The van der Waals surface area contributed by atoms with Gasteiger partial charge in [-0.05, 0) is 24.7 Å². The number of nitrogen functional groups attached to an aromatic ring is 1. The molecule has 0 saturated heterocycles. The monoisotopic (exact) mass is 294 g/mol. The summed E-state index contributed by atoms with van der Waals surface area (Å²) in [6, 6.07) is 0.235. The third-order valence-corrected chi connectivity index (χ3v) is 3.82. The second-order valence-corrected chi connectivity index (χ2v) is 6.38. The molecule has 1 aromatic rings. The lowest BCUT2D eigenvalue weighted by Crippen LogP contribution is -2.42. The first-order valence-corrected chi connectivity index (χ1v) is 7.98. The number of anilines is 1. The first-order valence-electron chi connectivity index (χ1n) is 7.98. The first kappa shape index (κ1) is 17.5. The molecule has 0 spiro atoms. The number of carbonyl (C=O) groups is 1. The maximum atomic E-state index is 12.9. The molecular formula is C16H30N4O. The lowest BCUT2D eigenvalue weighted by Gasteiger charge is -2.31. The Morgan fingerprint density at radius 3 is 2.19 bits per heavy atom. The van der Waals surface area contributed by atoms with Crippen molar-refractivity contribution in [1.82, 2.24) is 15.1 Å². The maximum absolute atomic E-state index is 12.9. The summed E-state index contributed by atoms with van der Waals surface area (Å²) < 4.78 is 0. The predicted octanol–water partition coefficient (Wildman–Crippen LogP) is 3.40. The van der Waals surface area contributed by atoms with Crippen LogP contribution in [0.4, 0.5) is 5.69 Å². The van der Waals surface area contributed by atoms with Crippen molar-refractivity contribution in [2.75, 3.05) is 12.3 Å². The van der Waals surface area contributed by atoms with Crippen molar-refractivity contribution >= 4 is 11.6 Å². The fourth-order valence-electron chi connectivity index (χ4n) is 2.62. The zero-order valence-electron chi connectivity index (χ0n) is 14.2. The van der Waals surface area contributed by atoms with E-state index in [4.69, 9.17) is 5.73 Å². The van der Waals surface area contributed by atoms with Crippen molar-refractivity contribution in [3.63, 3.8) is 0 Å². The molecule has 0 bridgehead atoms. The smallest absolute Gasteiger partial charge is 0.276 e. The van der Waals surface area contributed by atoms with Gasteiger partial charge < -0.3 is 10.6 Å². The highest BCUT2D eigenvalue weighted by Crippen LogP contribution is 2.24. The Hall–Kier alpha value is -1.52. The number of amides is 1. The molecule has 0 aromatic carbocycles. The molecule has 0 fully saturated rings. The molecule has 0 saturated carbocycles. The Bertz CT molecular complexity index is 461. The minimum Gasteiger partial charge on any atom is -0.395 e. The van der Waals surface area contributed by atoms with Crippen molar-refractivity contribution in [2.24, 2.45) is 5.92 Å². The van der Waals surface area contributed by atoms with Gasteiger partial charge in [0.1, 0.15) is 0 Å². The lowest BCUT2D eigenvalue weighted by atomic mass is 10.1. The molecule has 1 amide bonds. The summed E-state index contributed by atoms with van der Waals surface area (Å²) in [5, 5.41) is 7.09. The topological polar surface area (TPSA) is 75.0 Å². The van der Waals surface area contributed by atoms with Gasteiger partial charge in [-0.1, -0.05) is 41.5 Å². The number of carbonyl (C=O) groups excluding carboxylic acids is 1. The number of aromatic nitrogens is 2. The van der Waals surface area contributed by atoms with Crippen molar-refractivity contribution in [1.29, 1.82) is 0 Å². The molecule has 3 N–H and O–H groups in total. The highest BCUT2D eigenvalue weighted by atomic mass is 16.2. The summed E-state index contributed by atoms with van der Waals surface area (Å²) in [5.74, 6) is 0.586. The summed E-state index contributed by atoms with van der Waals surface area (Å²) in [5.41, 5.74) is 7.82. The number of rotatable bonds is 7. The Morgan fingerprint density at radius 1 is 1.24 bits per heavy atom. The number of H-pyrrole nitrogens is 1. The Balaban J connectivity index is 3.10. The first-order chi connectivity index (χ1) is 9.83. The molecule has 0 aliphatic rings. The molecule has 1 aromatic heterocycles. The van der Waals surface area contributed by atoms with Crippen LogP contribution in [0.5, 0.6) is 0 Å². The minimum absolute atomic E-state index is 0.0574. The molecule has 1 heterocycles. The van der Waals surface area contributed by atoms with E-state index in [-0.39, 0.29) is 17.9 Å². The van der Waals surface area contributed by atoms with E-state index in [1.54, 1.807) is 0 Å². The highest BCUT2D eigenvalue weighted by Gasteiger charge is 2.28. The van der Waals surface area contributed by atoms with Crippen molar-refractivity contribution in [3.05, 3.63) is 11.4 Å². The second kappa shape index (κ2) is 7.48. The van der Waals surface area contributed by atoms with E-state index in [1.165, 1.54) is 0 Å². The molecule has 120 valence electrons. The van der Waals surface area contributed by atoms with Crippen LogP contribution in [-0.2, 0) is 0 Å². The van der Waals surface area contributed by atoms with Crippen molar-refractivity contribution in [2.45, 2.75) is 66.3 Å². The van der Waals surface area contributed by atoms with Crippen LogP contribution in [0.25, 0.3) is 0 Å². The van der Waals surface area contributed by atoms with Crippen LogP contribution in [0.1, 0.15) is 76.5 Å². The van der Waals surface area contributed by atoms with Gasteiger partial charge in [0, 0.05) is 12.6 Å². The van der Waals surface area contributed by atoms with Crippen LogP contribution < -0.4 is 5.73 Å². The summed E-state index contributed by atoms with van der Waals surface area (Å²) in [4.78, 5) is 14.8. The molecule has 0 unspecified atom stereocenters. The normalized spacial score (nSPS) is 11.7. The maximum Gasteiger partial charge on any atom is 0.276 e. The number of nitrogens with two attached hydrogens (primary N) is 1. The van der Waals surface area contributed by atoms with E-state index in [2.05, 4.69) is 37.9 Å². The van der Waals surface area contributed by atoms with Gasteiger partial charge in [0.15, 0.2) is 5.69 Å². The second-order valence-electron chi connectivity index (χ2n) is 6.38. The number of aromatic amines is 1. The van der Waals surface area contributed by atoms with Crippen LogP contribution >= 0.6 is 0 Å². The molecule has 0 aliphatic carbocycles. The molecule has 1 rings (SSSR count). The predicted molar refractivity (Wildman–Crippen MR) is 87.3 cm³/mol. The van der Waals surface area contributed by atoms with Gasteiger partial charge >= 0.3 is 0 Å². The molecule has 21 heavy (non-hydrogen) atoms. The van der Waals surface area contributed by atoms with Gasteiger partial charge in [-0.2, -0.15) is 5.10 Å². The van der Waals surface area contributed by atoms with Crippen LogP contribution in [0.3, 0.4) is 0 Å². The summed E-state index contributed by atoms with van der Waals surface area (Å²) in [6.45, 7) is 13.3. The molecule has 5 heteroatoms.